The molecular formula is C18H22FN3O2. The number of halogens is 1. The average Bonchev–Trinajstić information content (AvgIpc) is 3.05. The van der Waals surface area contributed by atoms with Crippen LogP contribution in [0.1, 0.15) is 28.9 Å². The number of nitrogens with zero attached hydrogens (tertiary/aromatic N) is 3. The number of hydrogen-bond donors (Lipinski definition) is 1. The number of rotatable bonds is 3. The molecule has 1 N–H and O–H groups in total. The van der Waals surface area contributed by atoms with Crippen LogP contribution in [0.15, 0.2) is 24.3 Å². The van der Waals surface area contributed by atoms with Crippen LogP contribution in [0.25, 0.3) is 0 Å². The zero-order valence-electron chi connectivity index (χ0n) is 14.2. The third-order valence-electron chi connectivity index (χ3n) is 4.97. The monoisotopic (exact) mass is 331 g/mol. The Bertz CT molecular complexity index is 769. The summed E-state index contributed by atoms with van der Waals surface area (Å²) in [7, 11) is 1.86. The maximum atomic E-state index is 13.1. The SMILES string of the molecule is Cc1nn(C)c(C)c1CC(=O)N1CCC(O)(c2ccc(F)cc2)C1. The molecule has 1 amide bonds. The van der Waals surface area contributed by atoms with Crippen LogP contribution in [0, 0.1) is 19.7 Å². The molecule has 0 spiro atoms. The molecular weight excluding hydrogens is 309 g/mol. The number of β-amino-alcohol motifs (C(OH)–C–C–N with tert-alkyl or cyclic N) is 1. The third kappa shape index (κ3) is 2.94. The smallest absolute Gasteiger partial charge is 0.227 e. The van der Waals surface area contributed by atoms with E-state index in [9.17, 15) is 14.3 Å². The van der Waals surface area contributed by atoms with Crippen molar-refractivity contribution in [1.82, 2.24) is 14.7 Å². The van der Waals surface area contributed by atoms with Crippen molar-refractivity contribution < 1.29 is 14.3 Å². The van der Waals surface area contributed by atoms with E-state index in [0.29, 0.717) is 18.5 Å². The molecule has 0 bridgehead atoms. The van der Waals surface area contributed by atoms with Crippen LogP contribution in [0.3, 0.4) is 0 Å². The van der Waals surface area contributed by atoms with Crippen molar-refractivity contribution in [3.63, 3.8) is 0 Å². The van der Waals surface area contributed by atoms with Gasteiger partial charge in [0, 0.05) is 24.8 Å². The molecule has 2 heterocycles. The van der Waals surface area contributed by atoms with Crippen LogP contribution in [-0.2, 0) is 23.9 Å². The van der Waals surface area contributed by atoms with Crippen molar-refractivity contribution in [2.24, 2.45) is 7.05 Å². The van der Waals surface area contributed by atoms with Crippen LogP contribution in [0.4, 0.5) is 4.39 Å². The van der Waals surface area contributed by atoms with Gasteiger partial charge < -0.3 is 10.0 Å². The number of aromatic nitrogens is 2. The van der Waals surface area contributed by atoms with Gasteiger partial charge in [-0.25, -0.2) is 4.39 Å². The second-order valence-corrected chi connectivity index (χ2v) is 6.55. The summed E-state index contributed by atoms with van der Waals surface area (Å²) < 4.78 is 14.8. The molecule has 1 atom stereocenters. The summed E-state index contributed by atoms with van der Waals surface area (Å²) in [6.07, 6.45) is 0.736. The summed E-state index contributed by atoms with van der Waals surface area (Å²) >= 11 is 0. The van der Waals surface area contributed by atoms with E-state index in [1.54, 1.807) is 21.7 Å². The molecule has 1 fully saturated rings. The maximum absolute atomic E-state index is 13.1. The fourth-order valence-corrected chi connectivity index (χ4v) is 3.34. The molecule has 1 unspecified atom stereocenters. The van der Waals surface area contributed by atoms with Gasteiger partial charge in [-0.15, -0.1) is 0 Å². The zero-order valence-corrected chi connectivity index (χ0v) is 14.2. The van der Waals surface area contributed by atoms with E-state index in [2.05, 4.69) is 5.10 Å². The molecule has 128 valence electrons. The standard InChI is InChI=1S/C18H22FN3O2/c1-12-16(13(2)21(3)20-12)10-17(23)22-9-8-18(24,11-22)14-4-6-15(19)7-5-14/h4-7,24H,8-11H2,1-3H3. The lowest BCUT2D eigenvalue weighted by Crippen LogP contribution is -2.35. The molecule has 24 heavy (non-hydrogen) atoms. The van der Waals surface area contributed by atoms with E-state index in [1.807, 2.05) is 20.9 Å². The Kier molecular flexibility index (Phi) is 4.17. The lowest BCUT2D eigenvalue weighted by molar-refractivity contribution is -0.130. The molecule has 0 saturated carbocycles. The number of carbonyl (C=O) groups excluding carboxylic acids is 1. The maximum Gasteiger partial charge on any atom is 0.227 e. The lowest BCUT2D eigenvalue weighted by Gasteiger charge is -2.24. The van der Waals surface area contributed by atoms with Crippen molar-refractivity contribution in [3.8, 4) is 0 Å². The molecule has 1 saturated heterocycles. The number of carbonyl (C=O) groups is 1. The van der Waals surface area contributed by atoms with Crippen LogP contribution in [0.5, 0.6) is 0 Å². The summed E-state index contributed by atoms with van der Waals surface area (Å²) in [5.41, 5.74) is 2.32. The van der Waals surface area contributed by atoms with Crippen molar-refractivity contribution in [1.29, 1.82) is 0 Å². The minimum atomic E-state index is -1.11. The Labute approximate surface area is 140 Å². The fourth-order valence-electron chi connectivity index (χ4n) is 3.34. The van der Waals surface area contributed by atoms with Gasteiger partial charge >= 0.3 is 0 Å². The lowest BCUT2D eigenvalue weighted by atomic mass is 9.93. The Balaban J connectivity index is 1.73. The number of hydrogen-bond acceptors (Lipinski definition) is 3. The van der Waals surface area contributed by atoms with E-state index in [4.69, 9.17) is 0 Å². The molecule has 2 aromatic rings. The van der Waals surface area contributed by atoms with Crippen LogP contribution >= 0.6 is 0 Å². The second kappa shape index (κ2) is 6.02. The first-order valence-electron chi connectivity index (χ1n) is 8.05. The normalized spacial score (nSPS) is 20.6. The largest absolute Gasteiger partial charge is 0.383 e. The van der Waals surface area contributed by atoms with Gasteiger partial charge in [0.15, 0.2) is 0 Å². The number of aryl methyl sites for hydroxylation is 2. The van der Waals surface area contributed by atoms with Gasteiger partial charge in [-0.3, -0.25) is 9.48 Å². The average molecular weight is 331 g/mol. The molecule has 0 aliphatic carbocycles. The summed E-state index contributed by atoms with van der Waals surface area (Å²) in [5, 5.41) is 15.2. The van der Waals surface area contributed by atoms with Gasteiger partial charge in [0.2, 0.25) is 5.91 Å². The fraction of sp³-hybridized carbons (Fsp3) is 0.444. The van der Waals surface area contributed by atoms with Crippen molar-refractivity contribution in [2.75, 3.05) is 13.1 Å². The third-order valence-corrected chi connectivity index (χ3v) is 4.97. The van der Waals surface area contributed by atoms with Crippen LogP contribution in [0.2, 0.25) is 0 Å². The number of amides is 1. The van der Waals surface area contributed by atoms with Gasteiger partial charge in [0.05, 0.1) is 18.7 Å². The quantitative estimate of drug-likeness (QED) is 0.934. The Morgan fingerprint density at radius 2 is 2.00 bits per heavy atom. The van der Waals surface area contributed by atoms with Crippen LogP contribution < -0.4 is 0 Å². The highest BCUT2D eigenvalue weighted by Crippen LogP contribution is 2.32. The van der Waals surface area contributed by atoms with Crippen molar-refractivity contribution in [2.45, 2.75) is 32.3 Å². The Morgan fingerprint density at radius 1 is 1.33 bits per heavy atom. The van der Waals surface area contributed by atoms with Crippen LogP contribution in [-0.4, -0.2) is 38.8 Å². The highest BCUT2D eigenvalue weighted by atomic mass is 19.1. The van der Waals surface area contributed by atoms with E-state index < -0.39 is 5.60 Å². The minimum absolute atomic E-state index is 0.0211. The van der Waals surface area contributed by atoms with Crippen molar-refractivity contribution >= 4 is 5.91 Å². The summed E-state index contributed by atoms with van der Waals surface area (Å²) in [6.45, 7) is 4.57. The van der Waals surface area contributed by atoms with E-state index in [-0.39, 0.29) is 24.7 Å². The Hall–Kier alpha value is -2.21. The van der Waals surface area contributed by atoms with Gasteiger partial charge in [-0.2, -0.15) is 5.10 Å². The van der Waals surface area contributed by atoms with Gasteiger partial charge in [0.1, 0.15) is 11.4 Å². The molecule has 1 aromatic heterocycles. The van der Waals surface area contributed by atoms with E-state index in [1.165, 1.54) is 12.1 Å². The summed E-state index contributed by atoms with van der Waals surface area (Å²) in [5.74, 6) is -0.358. The predicted octanol–water partition coefficient (Wildman–Crippen LogP) is 1.84. The van der Waals surface area contributed by atoms with Gasteiger partial charge in [0.25, 0.3) is 0 Å². The summed E-state index contributed by atoms with van der Waals surface area (Å²) in [6, 6.07) is 5.83. The zero-order chi connectivity index (χ0) is 17.5. The minimum Gasteiger partial charge on any atom is -0.383 e. The van der Waals surface area contributed by atoms with Gasteiger partial charge in [-0.1, -0.05) is 12.1 Å². The first-order chi connectivity index (χ1) is 11.3. The second-order valence-electron chi connectivity index (χ2n) is 6.55. The molecule has 6 heteroatoms. The summed E-state index contributed by atoms with van der Waals surface area (Å²) in [4.78, 5) is 14.3. The predicted molar refractivity (Wildman–Crippen MR) is 87.9 cm³/mol. The molecule has 1 aliphatic rings. The number of likely N-dealkylation sites (tertiary alicyclic amines) is 1. The molecule has 0 radical (unpaired) electrons. The van der Waals surface area contributed by atoms with E-state index >= 15 is 0 Å². The first-order valence-corrected chi connectivity index (χ1v) is 8.05. The molecule has 3 rings (SSSR count). The molecule has 5 nitrogen and oxygen atoms in total. The molecule has 1 aliphatic heterocycles. The Morgan fingerprint density at radius 3 is 2.58 bits per heavy atom. The van der Waals surface area contributed by atoms with Gasteiger partial charge in [-0.05, 0) is 38.0 Å². The molecule has 1 aromatic carbocycles. The highest BCUT2D eigenvalue weighted by molar-refractivity contribution is 5.79. The van der Waals surface area contributed by atoms with Crippen molar-refractivity contribution in [3.05, 3.63) is 52.6 Å². The first kappa shape index (κ1) is 16.6. The number of benzene rings is 1. The van der Waals surface area contributed by atoms with E-state index in [0.717, 1.165) is 17.0 Å². The highest BCUT2D eigenvalue weighted by Gasteiger charge is 2.39. The number of aliphatic hydroxyl groups is 1. The topological polar surface area (TPSA) is 58.4 Å².